The van der Waals surface area contributed by atoms with Crippen LogP contribution in [-0.4, -0.2) is 46.5 Å². The van der Waals surface area contributed by atoms with Crippen LogP contribution in [0.3, 0.4) is 0 Å². The van der Waals surface area contributed by atoms with Crippen LogP contribution in [0.25, 0.3) is 17.1 Å². The number of thiazole rings is 1. The lowest BCUT2D eigenvalue weighted by Crippen LogP contribution is -2.05. The molecule has 0 aliphatic rings. The van der Waals surface area contributed by atoms with E-state index in [2.05, 4.69) is 15.2 Å². The number of para-hydroxylation sites is 1. The van der Waals surface area contributed by atoms with E-state index in [4.69, 9.17) is 14.2 Å². The van der Waals surface area contributed by atoms with Gasteiger partial charge in [-0.15, -0.1) is 21.5 Å². The third kappa shape index (κ3) is 5.18. The Morgan fingerprint density at radius 3 is 2.45 bits per heavy atom. The Morgan fingerprint density at radius 1 is 1.06 bits per heavy atom. The average molecular weight is 483 g/mol. The number of esters is 1. The molecule has 0 amide bonds. The van der Waals surface area contributed by atoms with Gasteiger partial charge in [0.05, 0.1) is 26.6 Å². The van der Waals surface area contributed by atoms with Gasteiger partial charge in [0.15, 0.2) is 16.7 Å². The van der Waals surface area contributed by atoms with Crippen molar-refractivity contribution in [2.24, 2.45) is 0 Å². The number of nitrogens with zero attached hydrogens (tertiary/aromatic N) is 4. The molecule has 4 aromatic rings. The van der Waals surface area contributed by atoms with E-state index in [0.29, 0.717) is 40.5 Å². The lowest BCUT2D eigenvalue weighted by molar-refractivity contribution is 0.0520. The molecule has 0 atom stereocenters. The average Bonchev–Trinajstić information content (AvgIpc) is 3.50. The largest absolute Gasteiger partial charge is 0.497 e. The maximum Gasteiger partial charge on any atom is 0.357 e. The molecule has 2 aromatic heterocycles. The fraction of sp³-hybridized carbons (Fsp3) is 0.217. The van der Waals surface area contributed by atoms with Crippen LogP contribution in [0.5, 0.6) is 11.5 Å². The van der Waals surface area contributed by atoms with Gasteiger partial charge in [-0.3, -0.25) is 4.57 Å². The fourth-order valence-corrected chi connectivity index (χ4v) is 4.83. The van der Waals surface area contributed by atoms with E-state index in [9.17, 15) is 4.79 Å². The van der Waals surface area contributed by atoms with Crippen molar-refractivity contribution in [1.82, 2.24) is 19.7 Å². The predicted molar refractivity (Wildman–Crippen MR) is 128 cm³/mol. The van der Waals surface area contributed by atoms with Gasteiger partial charge in [-0.05, 0) is 31.2 Å². The van der Waals surface area contributed by atoms with Crippen LogP contribution >= 0.6 is 23.1 Å². The Bertz CT molecular complexity index is 1220. The number of aromatic nitrogens is 4. The number of hydrogen-bond acceptors (Lipinski definition) is 9. The maximum atomic E-state index is 11.9. The normalized spacial score (nSPS) is 10.8. The summed E-state index contributed by atoms with van der Waals surface area (Å²) in [6.07, 6.45) is 0. The van der Waals surface area contributed by atoms with Crippen molar-refractivity contribution in [2.75, 3.05) is 20.8 Å². The Labute approximate surface area is 199 Å². The van der Waals surface area contributed by atoms with Gasteiger partial charge in [0.1, 0.15) is 16.5 Å². The molecule has 0 bridgehead atoms. The second-order valence-corrected chi connectivity index (χ2v) is 8.60. The minimum Gasteiger partial charge on any atom is -0.497 e. The molecular formula is C23H22N4O4S2. The summed E-state index contributed by atoms with van der Waals surface area (Å²) in [4.78, 5) is 16.3. The highest BCUT2D eigenvalue weighted by Gasteiger charge is 2.19. The zero-order valence-electron chi connectivity index (χ0n) is 18.3. The Morgan fingerprint density at radius 2 is 1.79 bits per heavy atom. The topological polar surface area (TPSA) is 88.4 Å². The summed E-state index contributed by atoms with van der Waals surface area (Å²) in [5, 5.41) is 12.1. The van der Waals surface area contributed by atoms with Gasteiger partial charge in [0.2, 0.25) is 0 Å². The van der Waals surface area contributed by atoms with Crippen molar-refractivity contribution in [3.8, 4) is 28.6 Å². The number of methoxy groups -OCH3 is 2. The molecule has 8 nitrogen and oxygen atoms in total. The van der Waals surface area contributed by atoms with Crippen LogP contribution in [-0.2, 0) is 10.5 Å². The maximum absolute atomic E-state index is 11.9. The number of carbonyl (C=O) groups excluding carboxylic acids is 1. The molecule has 0 aliphatic carbocycles. The smallest absolute Gasteiger partial charge is 0.357 e. The van der Waals surface area contributed by atoms with E-state index in [1.54, 1.807) is 26.5 Å². The fourth-order valence-electron chi connectivity index (χ4n) is 3.10. The Hall–Kier alpha value is -3.37. The Kier molecular flexibility index (Phi) is 7.26. The predicted octanol–water partition coefficient (Wildman–Crippen LogP) is 4.88. The van der Waals surface area contributed by atoms with Crippen molar-refractivity contribution in [3.05, 3.63) is 64.6 Å². The first-order valence-electron chi connectivity index (χ1n) is 10.1. The van der Waals surface area contributed by atoms with E-state index in [-0.39, 0.29) is 0 Å². The number of rotatable bonds is 9. The minimum absolute atomic E-state index is 0.318. The van der Waals surface area contributed by atoms with E-state index in [1.165, 1.54) is 23.1 Å². The van der Waals surface area contributed by atoms with E-state index < -0.39 is 5.97 Å². The quantitative estimate of drug-likeness (QED) is 0.246. The molecule has 33 heavy (non-hydrogen) atoms. The zero-order chi connectivity index (χ0) is 23.2. The van der Waals surface area contributed by atoms with Crippen LogP contribution in [0, 0.1) is 0 Å². The van der Waals surface area contributed by atoms with Crippen LogP contribution in [0.4, 0.5) is 0 Å². The van der Waals surface area contributed by atoms with Gasteiger partial charge in [-0.1, -0.05) is 30.0 Å². The Balaban J connectivity index is 1.67. The van der Waals surface area contributed by atoms with Gasteiger partial charge < -0.3 is 14.2 Å². The number of ether oxygens (including phenoxy) is 3. The number of carbonyl (C=O) groups is 1. The van der Waals surface area contributed by atoms with E-state index in [0.717, 1.165) is 16.3 Å². The third-order valence-corrected chi connectivity index (χ3v) is 6.59. The summed E-state index contributed by atoms with van der Waals surface area (Å²) in [5.41, 5.74) is 2.06. The first-order chi connectivity index (χ1) is 16.1. The van der Waals surface area contributed by atoms with Crippen LogP contribution < -0.4 is 9.47 Å². The molecule has 0 saturated heterocycles. The van der Waals surface area contributed by atoms with E-state index >= 15 is 0 Å². The zero-order valence-corrected chi connectivity index (χ0v) is 20.0. The highest BCUT2D eigenvalue weighted by atomic mass is 32.2. The molecule has 0 radical (unpaired) electrons. The number of hydrogen-bond donors (Lipinski definition) is 0. The first kappa shape index (κ1) is 22.8. The van der Waals surface area contributed by atoms with Crippen molar-refractivity contribution < 1.29 is 19.0 Å². The molecule has 2 aromatic carbocycles. The standard InChI is InChI=1S/C23H22N4O4S2/c1-4-31-22(28)19-13-32-20(24-19)14-33-23-26-25-21(27(23)16-8-6-5-7-9-16)15-10-17(29-2)12-18(11-15)30-3/h5-13H,4,14H2,1-3H3. The first-order valence-corrected chi connectivity index (χ1v) is 12.0. The number of benzene rings is 2. The lowest BCUT2D eigenvalue weighted by Gasteiger charge is -2.12. The molecule has 2 heterocycles. The second kappa shape index (κ2) is 10.5. The molecule has 0 saturated carbocycles. The monoisotopic (exact) mass is 482 g/mol. The van der Waals surface area contributed by atoms with Gasteiger partial charge in [0.25, 0.3) is 0 Å². The summed E-state index contributed by atoms with van der Waals surface area (Å²) < 4.78 is 17.9. The summed E-state index contributed by atoms with van der Waals surface area (Å²) >= 11 is 2.91. The highest BCUT2D eigenvalue weighted by Crippen LogP contribution is 2.34. The number of thioether (sulfide) groups is 1. The summed E-state index contributed by atoms with van der Waals surface area (Å²) in [6.45, 7) is 2.09. The molecule has 0 fully saturated rings. The van der Waals surface area contributed by atoms with Gasteiger partial charge >= 0.3 is 5.97 Å². The molecule has 0 unspecified atom stereocenters. The summed E-state index contributed by atoms with van der Waals surface area (Å²) in [7, 11) is 3.22. The third-order valence-electron chi connectivity index (χ3n) is 4.62. The van der Waals surface area contributed by atoms with Crippen LogP contribution in [0.15, 0.2) is 59.1 Å². The molecular weight excluding hydrogens is 460 g/mol. The van der Waals surface area contributed by atoms with Crippen molar-refractivity contribution >= 4 is 29.1 Å². The molecule has 10 heteroatoms. The van der Waals surface area contributed by atoms with Crippen molar-refractivity contribution in [2.45, 2.75) is 17.8 Å². The molecule has 0 spiro atoms. The molecule has 4 rings (SSSR count). The van der Waals surface area contributed by atoms with Crippen molar-refractivity contribution in [3.63, 3.8) is 0 Å². The minimum atomic E-state index is -0.410. The molecule has 170 valence electrons. The highest BCUT2D eigenvalue weighted by molar-refractivity contribution is 7.98. The summed E-state index contributed by atoms with van der Waals surface area (Å²) in [5.74, 6) is 2.11. The van der Waals surface area contributed by atoms with Gasteiger partial charge in [0, 0.05) is 22.7 Å². The molecule has 0 aliphatic heterocycles. The van der Waals surface area contributed by atoms with Gasteiger partial charge in [-0.2, -0.15) is 0 Å². The van der Waals surface area contributed by atoms with Crippen molar-refractivity contribution in [1.29, 1.82) is 0 Å². The summed E-state index contributed by atoms with van der Waals surface area (Å²) in [6, 6.07) is 15.5. The lowest BCUT2D eigenvalue weighted by atomic mass is 10.2. The van der Waals surface area contributed by atoms with E-state index in [1.807, 2.05) is 53.1 Å². The van der Waals surface area contributed by atoms with Crippen LogP contribution in [0.1, 0.15) is 22.4 Å². The van der Waals surface area contributed by atoms with Crippen LogP contribution in [0.2, 0.25) is 0 Å². The molecule has 0 N–H and O–H groups in total. The SMILES string of the molecule is CCOC(=O)c1csc(CSc2nnc(-c3cc(OC)cc(OC)c3)n2-c2ccccc2)n1. The van der Waals surface area contributed by atoms with Gasteiger partial charge in [-0.25, -0.2) is 9.78 Å². The second-order valence-electron chi connectivity index (χ2n) is 6.71.